The summed E-state index contributed by atoms with van der Waals surface area (Å²) >= 11 is 15.7. The predicted octanol–water partition coefficient (Wildman–Crippen LogP) is 5.63. The maximum atomic E-state index is 12.2. The summed E-state index contributed by atoms with van der Waals surface area (Å²) in [6.07, 6.45) is 0. The lowest BCUT2D eigenvalue weighted by atomic mass is 10.1. The number of aryl methyl sites for hydroxylation is 2. The van der Waals surface area contributed by atoms with Gasteiger partial charge in [0.05, 0.1) is 15.7 Å². The Labute approximate surface area is 136 Å². The van der Waals surface area contributed by atoms with E-state index in [-0.39, 0.29) is 5.91 Å². The molecule has 5 heteroatoms. The number of hydrogen-bond acceptors (Lipinski definition) is 1. The van der Waals surface area contributed by atoms with Crippen molar-refractivity contribution in [3.05, 3.63) is 61.5 Å². The molecule has 2 nitrogen and oxygen atoms in total. The molecule has 0 atom stereocenters. The third-order valence-corrected chi connectivity index (χ3v) is 4.63. The Morgan fingerprint density at radius 3 is 2.45 bits per heavy atom. The Morgan fingerprint density at radius 2 is 1.80 bits per heavy atom. The molecule has 0 bridgehead atoms. The van der Waals surface area contributed by atoms with Crippen LogP contribution in [0.4, 0.5) is 5.69 Å². The molecular formula is C15H12BrCl2NO. The summed E-state index contributed by atoms with van der Waals surface area (Å²) in [7, 11) is 0. The summed E-state index contributed by atoms with van der Waals surface area (Å²) in [6.45, 7) is 3.78. The number of rotatable bonds is 2. The first-order valence-corrected chi connectivity index (χ1v) is 7.47. The second kappa shape index (κ2) is 6.17. The molecule has 1 amide bonds. The van der Waals surface area contributed by atoms with E-state index >= 15 is 0 Å². The fourth-order valence-electron chi connectivity index (χ4n) is 1.74. The zero-order valence-corrected chi connectivity index (χ0v) is 14.0. The maximum absolute atomic E-state index is 12.2. The second-order valence-corrected chi connectivity index (χ2v) is 6.11. The van der Waals surface area contributed by atoms with Crippen LogP contribution in [0.15, 0.2) is 34.8 Å². The van der Waals surface area contributed by atoms with Crippen molar-refractivity contribution in [2.75, 3.05) is 5.32 Å². The van der Waals surface area contributed by atoms with Crippen molar-refractivity contribution in [1.82, 2.24) is 0 Å². The summed E-state index contributed by atoms with van der Waals surface area (Å²) in [5, 5.41) is 3.64. The SMILES string of the molecule is Cc1cc(C(=O)Nc2c(Cl)ccc(C)c2Cl)ccc1Br. The highest BCUT2D eigenvalue weighted by molar-refractivity contribution is 9.10. The standard InChI is InChI=1S/C15H12BrCl2NO/c1-8-3-6-12(17)14(13(8)18)19-15(20)10-4-5-11(16)9(2)7-10/h3-7H,1-2H3,(H,19,20). The Balaban J connectivity index is 2.32. The predicted molar refractivity (Wildman–Crippen MR) is 88.0 cm³/mol. The molecule has 0 fully saturated rings. The molecule has 0 spiro atoms. The number of halogens is 3. The van der Waals surface area contributed by atoms with Crippen LogP contribution in [0, 0.1) is 13.8 Å². The molecule has 0 aliphatic carbocycles. The first kappa shape index (κ1) is 15.4. The molecule has 0 aliphatic rings. The lowest BCUT2D eigenvalue weighted by Gasteiger charge is -2.11. The normalized spacial score (nSPS) is 10.4. The van der Waals surface area contributed by atoms with Gasteiger partial charge in [0.15, 0.2) is 0 Å². The number of nitrogens with one attached hydrogen (secondary N) is 1. The van der Waals surface area contributed by atoms with Crippen molar-refractivity contribution in [1.29, 1.82) is 0 Å². The maximum Gasteiger partial charge on any atom is 0.255 e. The summed E-state index contributed by atoms with van der Waals surface area (Å²) in [4.78, 5) is 12.2. The van der Waals surface area contributed by atoms with E-state index in [1.165, 1.54) is 0 Å². The average Bonchev–Trinajstić information content (AvgIpc) is 2.42. The molecule has 0 saturated carbocycles. The Bertz CT molecular complexity index is 686. The van der Waals surface area contributed by atoms with Crippen LogP contribution in [-0.4, -0.2) is 5.91 Å². The minimum atomic E-state index is -0.241. The number of amides is 1. The molecule has 0 aliphatic heterocycles. The Hall–Kier alpha value is -1.03. The van der Waals surface area contributed by atoms with Crippen LogP contribution >= 0.6 is 39.1 Å². The van der Waals surface area contributed by atoms with Crippen molar-refractivity contribution < 1.29 is 4.79 Å². The number of benzene rings is 2. The van der Waals surface area contributed by atoms with Crippen LogP contribution in [0.1, 0.15) is 21.5 Å². The van der Waals surface area contributed by atoms with Crippen molar-refractivity contribution in [3.63, 3.8) is 0 Å². The topological polar surface area (TPSA) is 29.1 Å². The van der Waals surface area contributed by atoms with Crippen molar-refractivity contribution in [2.24, 2.45) is 0 Å². The van der Waals surface area contributed by atoms with Crippen molar-refractivity contribution >= 4 is 50.7 Å². The van der Waals surface area contributed by atoms with Crippen LogP contribution in [-0.2, 0) is 0 Å². The lowest BCUT2D eigenvalue weighted by Crippen LogP contribution is -2.13. The zero-order chi connectivity index (χ0) is 14.9. The van der Waals surface area contributed by atoms with E-state index < -0.39 is 0 Å². The molecule has 0 aromatic heterocycles. The van der Waals surface area contributed by atoms with Gasteiger partial charge in [0.2, 0.25) is 0 Å². The second-order valence-electron chi connectivity index (χ2n) is 4.47. The third-order valence-electron chi connectivity index (χ3n) is 2.94. The first-order valence-electron chi connectivity index (χ1n) is 5.92. The number of hydrogen-bond donors (Lipinski definition) is 1. The van der Waals surface area contributed by atoms with Crippen LogP contribution in [0.5, 0.6) is 0 Å². The van der Waals surface area contributed by atoms with Gasteiger partial charge in [-0.25, -0.2) is 0 Å². The quantitative estimate of drug-likeness (QED) is 0.727. The van der Waals surface area contributed by atoms with Gasteiger partial charge in [-0.05, 0) is 49.2 Å². The van der Waals surface area contributed by atoms with Gasteiger partial charge in [-0.15, -0.1) is 0 Å². The Morgan fingerprint density at radius 1 is 1.10 bits per heavy atom. The van der Waals surface area contributed by atoms with Crippen molar-refractivity contribution in [3.8, 4) is 0 Å². The van der Waals surface area contributed by atoms with E-state index in [0.717, 1.165) is 15.6 Å². The molecule has 0 unspecified atom stereocenters. The summed E-state index contributed by atoms with van der Waals surface area (Å²) in [5.41, 5.74) is 2.84. The van der Waals surface area contributed by atoms with E-state index in [4.69, 9.17) is 23.2 Å². The van der Waals surface area contributed by atoms with Crippen LogP contribution in [0.25, 0.3) is 0 Å². The zero-order valence-electron chi connectivity index (χ0n) is 10.9. The van der Waals surface area contributed by atoms with Gasteiger partial charge < -0.3 is 5.32 Å². The van der Waals surface area contributed by atoms with Crippen molar-refractivity contribution in [2.45, 2.75) is 13.8 Å². The van der Waals surface area contributed by atoms with Gasteiger partial charge >= 0.3 is 0 Å². The Kier molecular flexibility index (Phi) is 4.74. The molecule has 2 aromatic rings. The van der Waals surface area contributed by atoms with Gasteiger partial charge in [0.1, 0.15) is 0 Å². The monoisotopic (exact) mass is 371 g/mol. The molecule has 0 saturated heterocycles. The van der Waals surface area contributed by atoms with Crippen LogP contribution in [0.2, 0.25) is 10.0 Å². The molecule has 2 rings (SSSR count). The van der Waals surface area contributed by atoms with E-state index in [0.29, 0.717) is 21.3 Å². The van der Waals surface area contributed by atoms with Gasteiger partial charge in [0.25, 0.3) is 5.91 Å². The van der Waals surface area contributed by atoms with Gasteiger partial charge in [-0.1, -0.05) is 45.2 Å². The lowest BCUT2D eigenvalue weighted by molar-refractivity contribution is 0.102. The average molecular weight is 373 g/mol. The number of anilines is 1. The number of carbonyl (C=O) groups is 1. The minimum absolute atomic E-state index is 0.241. The highest BCUT2D eigenvalue weighted by Crippen LogP contribution is 2.33. The smallest absolute Gasteiger partial charge is 0.255 e. The summed E-state index contributed by atoms with van der Waals surface area (Å²) in [6, 6.07) is 8.90. The molecule has 20 heavy (non-hydrogen) atoms. The highest BCUT2D eigenvalue weighted by Gasteiger charge is 2.13. The van der Waals surface area contributed by atoms with E-state index in [9.17, 15) is 4.79 Å². The summed E-state index contributed by atoms with van der Waals surface area (Å²) < 4.78 is 0.959. The largest absolute Gasteiger partial charge is 0.319 e. The molecule has 1 N–H and O–H groups in total. The molecular weight excluding hydrogens is 361 g/mol. The fourth-order valence-corrected chi connectivity index (χ4v) is 2.45. The molecule has 2 aromatic carbocycles. The number of carbonyl (C=O) groups excluding carboxylic acids is 1. The first-order chi connectivity index (χ1) is 9.40. The van der Waals surface area contributed by atoms with Crippen LogP contribution < -0.4 is 5.32 Å². The van der Waals surface area contributed by atoms with Gasteiger partial charge in [-0.3, -0.25) is 4.79 Å². The van der Waals surface area contributed by atoms with E-state index in [1.54, 1.807) is 18.2 Å². The summed E-state index contributed by atoms with van der Waals surface area (Å²) in [5.74, 6) is -0.241. The van der Waals surface area contributed by atoms with E-state index in [1.807, 2.05) is 26.0 Å². The molecule has 104 valence electrons. The van der Waals surface area contributed by atoms with Gasteiger partial charge in [0, 0.05) is 10.0 Å². The minimum Gasteiger partial charge on any atom is -0.319 e. The fraction of sp³-hybridized carbons (Fsp3) is 0.133. The molecule has 0 radical (unpaired) electrons. The van der Waals surface area contributed by atoms with Gasteiger partial charge in [-0.2, -0.15) is 0 Å². The third kappa shape index (κ3) is 3.17. The molecule has 0 heterocycles. The highest BCUT2D eigenvalue weighted by atomic mass is 79.9. The van der Waals surface area contributed by atoms with E-state index in [2.05, 4.69) is 21.2 Å². The van der Waals surface area contributed by atoms with Crippen LogP contribution in [0.3, 0.4) is 0 Å².